The van der Waals surface area contributed by atoms with Gasteiger partial charge in [-0.15, -0.1) is 0 Å². The van der Waals surface area contributed by atoms with Gasteiger partial charge in [-0.3, -0.25) is 14.6 Å². The molecule has 170 valence electrons. The summed E-state index contributed by atoms with van der Waals surface area (Å²) in [7, 11) is 1.54. The van der Waals surface area contributed by atoms with Crippen LogP contribution in [-0.4, -0.2) is 49.2 Å². The van der Waals surface area contributed by atoms with Gasteiger partial charge in [-0.2, -0.15) is 0 Å². The Bertz CT molecular complexity index is 1230. The molecule has 5 rings (SSSR count). The van der Waals surface area contributed by atoms with Crippen LogP contribution in [0.15, 0.2) is 52.1 Å². The number of nitrogens with one attached hydrogen (secondary N) is 1. The van der Waals surface area contributed by atoms with Crippen LogP contribution in [0.1, 0.15) is 36.0 Å². The molecular weight excluding hydrogens is 422 g/mol. The van der Waals surface area contributed by atoms with Crippen molar-refractivity contribution in [2.24, 2.45) is 4.99 Å². The van der Waals surface area contributed by atoms with Crippen molar-refractivity contribution in [3.8, 4) is 11.5 Å². The summed E-state index contributed by atoms with van der Waals surface area (Å²) in [6, 6.07) is 10.9. The highest BCUT2D eigenvalue weighted by atomic mass is 16.5. The molecule has 1 atom stereocenters. The smallest absolute Gasteiger partial charge is 0.256 e. The number of nitrogens with zero attached hydrogens (tertiary/aromatic N) is 2. The zero-order chi connectivity index (χ0) is 22.8. The van der Waals surface area contributed by atoms with Gasteiger partial charge in [-0.1, -0.05) is 0 Å². The van der Waals surface area contributed by atoms with E-state index in [0.29, 0.717) is 42.2 Å². The summed E-state index contributed by atoms with van der Waals surface area (Å²) < 4.78 is 16.7. The number of aliphatic imine (C=N–C) groups is 1. The predicted octanol–water partition coefficient (Wildman–Crippen LogP) is 4.56. The molecule has 33 heavy (non-hydrogen) atoms. The molecule has 2 aliphatic rings. The molecule has 2 amide bonds. The maximum absolute atomic E-state index is 12.9. The van der Waals surface area contributed by atoms with Crippen molar-refractivity contribution in [1.82, 2.24) is 4.90 Å². The van der Waals surface area contributed by atoms with E-state index >= 15 is 0 Å². The van der Waals surface area contributed by atoms with Crippen LogP contribution in [0.4, 0.5) is 11.4 Å². The zero-order valence-electron chi connectivity index (χ0n) is 18.4. The van der Waals surface area contributed by atoms with Gasteiger partial charge in [-0.05, 0) is 49.6 Å². The van der Waals surface area contributed by atoms with Crippen LogP contribution in [0.5, 0.6) is 11.5 Å². The van der Waals surface area contributed by atoms with Crippen molar-refractivity contribution >= 4 is 40.4 Å². The van der Waals surface area contributed by atoms with Crippen LogP contribution >= 0.6 is 0 Å². The van der Waals surface area contributed by atoms with E-state index < -0.39 is 0 Å². The SMILES string of the molecule is COc1cc2c(cc1OCCCC(=O)Nc1ccc3occc3c1)N=CC1CCCN1C2=O. The van der Waals surface area contributed by atoms with Gasteiger partial charge in [0.25, 0.3) is 5.91 Å². The van der Waals surface area contributed by atoms with Crippen molar-refractivity contribution < 1.29 is 23.5 Å². The molecule has 0 spiro atoms. The van der Waals surface area contributed by atoms with E-state index in [0.717, 1.165) is 36.0 Å². The predicted molar refractivity (Wildman–Crippen MR) is 125 cm³/mol. The monoisotopic (exact) mass is 447 g/mol. The molecule has 8 heteroatoms. The molecule has 0 bridgehead atoms. The number of hydrogen-bond acceptors (Lipinski definition) is 6. The number of methoxy groups -OCH3 is 1. The first-order valence-corrected chi connectivity index (χ1v) is 11.1. The quantitative estimate of drug-likeness (QED) is 0.536. The zero-order valence-corrected chi connectivity index (χ0v) is 18.4. The lowest BCUT2D eigenvalue weighted by Gasteiger charge is -2.20. The summed E-state index contributed by atoms with van der Waals surface area (Å²) >= 11 is 0. The summed E-state index contributed by atoms with van der Waals surface area (Å²) in [5.74, 6) is 0.869. The Morgan fingerprint density at radius 1 is 1.24 bits per heavy atom. The molecule has 3 heterocycles. The average Bonchev–Trinajstić information content (AvgIpc) is 3.46. The third kappa shape index (κ3) is 4.28. The van der Waals surface area contributed by atoms with E-state index in [9.17, 15) is 9.59 Å². The van der Waals surface area contributed by atoms with E-state index in [1.807, 2.05) is 35.4 Å². The molecule has 0 aliphatic carbocycles. The molecule has 8 nitrogen and oxygen atoms in total. The number of anilines is 1. The van der Waals surface area contributed by atoms with Gasteiger partial charge in [0, 0.05) is 36.3 Å². The van der Waals surface area contributed by atoms with Crippen molar-refractivity contribution in [1.29, 1.82) is 0 Å². The Balaban J connectivity index is 1.19. The van der Waals surface area contributed by atoms with Crippen LogP contribution in [0.25, 0.3) is 11.0 Å². The number of carbonyl (C=O) groups excluding carboxylic acids is 2. The largest absolute Gasteiger partial charge is 0.493 e. The molecular formula is C25H25N3O5. The fourth-order valence-corrected chi connectivity index (χ4v) is 4.30. The third-order valence-electron chi connectivity index (χ3n) is 6.00. The Labute approximate surface area is 191 Å². The molecule has 1 N–H and O–H groups in total. The number of carbonyl (C=O) groups is 2. The second-order valence-corrected chi connectivity index (χ2v) is 8.18. The molecule has 0 radical (unpaired) electrons. The molecule has 3 aromatic rings. The van der Waals surface area contributed by atoms with E-state index in [4.69, 9.17) is 13.9 Å². The van der Waals surface area contributed by atoms with Crippen LogP contribution in [0.2, 0.25) is 0 Å². The normalized spacial score (nSPS) is 16.9. The summed E-state index contributed by atoms with van der Waals surface area (Å²) in [4.78, 5) is 31.6. The number of rotatable bonds is 7. The maximum Gasteiger partial charge on any atom is 0.256 e. The van der Waals surface area contributed by atoms with Gasteiger partial charge in [0.05, 0.1) is 37.3 Å². The van der Waals surface area contributed by atoms with Gasteiger partial charge < -0.3 is 24.1 Å². The van der Waals surface area contributed by atoms with Gasteiger partial charge in [0.15, 0.2) is 11.5 Å². The van der Waals surface area contributed by atoms with Crippen LogP contribution in [0.3, 0.4) is 0 Å². The topological polar surface area (TPSA) is 93.4 Å². The highest BCUT2D eigenvalue weighted by Crippen LogP contribution is 2.38. The maximum atomic E-state index is 12.9. The van der Waals surface area contributed by atoms with Gasteiger partial charge >= 0.3 is 0 Å². The molecule has 1 unspecified atom stereocenters. The Morgan fingerprint density at radius 3 is 3.03 bits per heavy atom. The van der Waals surface area contributed by atoms with Crippen LogP contribution < -0.4 is 14.8 Å². The van der Waals surface area contributed by atoms with Crippen molar-refractivity contribution in [3.05, 3.63) is 48.2 Å². The van der Waals surface area contributed by atoms with E-state index in [-0.39, 0.29) is 17.9 Å². The number of hydrogen-bond donors (Lipinski definition) is 1. The minimum absolute atomic E-state index is 0.0277. The minimum atomic E-state index is -0.0916. The second-order valence-electron chi connectivity index (χ2n) is 8.18. The highest BCUT2D eigenvalue weighted by Gasteiger charge is 2.32. The van der Waals surface area contributed by atoms with Gasteiger partial charge in [0.1, 0.15) is 5.58 Å². The van der Waals surface area contributed by atoms with E-state index in [1.54, 1.807) is 25.5 Å². The Kier molecular flexibility index (Phi) is 5.73. The average molecular weight is 447 g/mol. The highest BCUT2D eigenvalue weighted by molar-refractivity contribution is 6.03. The Hall–Kier alpha value is -3.81. The first-order chi connectivity index (χ1) is 16.1. The molecule has 2 aromatic carbocycles. The second kappa shape index (κ2) is 8.97. The number of amides is 2. The fraction of sp³-hybridized carbons (Fsp3) is 0.320. The number of ether oxygens (including phenoxy) is 2. The third-order valence-corrected chi connectivity index (χ3v) is 6.00. The number of benzene rings is 2. The van der Waals surface area contributed by atoms with Crippen LogP contribution in [-0.2, 0) is 4.79 Å². The lowest BCUT2D eigenvalue weighted by molar-refractivity contribution is -0.116. The standard InChI is InChI=1S/C25H25N3O5/c1-31-22-13-19-20(26-15-18-4-2-9-28(18)25(19)30)14-23(22)32-10-3-5-24(29)27-17-6-7-21-16(12-17)8-11-33-21/h6-8,11-15,18H,2-5,9-10H2,1H3,(H,27,29). The van der Waals surface area contributed by atoms with Crippen molar-refractivity contribution in [2.45, 2.75) is 31.7 Å². The molecule has 1 saturated heterocycles. The van der Waals surface area contributed by atoms with E-state index in [2.05, 4.69) is 10.3 Å². The van der Waals surface area contributed by atoms with E-state index in [1.165, 1.54) is 0 Å². The minimum Gasteiger partial charge on any atom is -0.493 e. The molecule has 2 aliphatic heterocycles. The molecule has 1 fully saturated rings. The first-order valence-electron chi connectivity index (χ1n) is 11.1. The van der Waals surface area contributed by atoms with Gasteiger partial charge in [-0.25, -0.2) is 0 Å². The summed E-state index contributed by atoms with van der Waals surface area (Å²) in [5.41, 5.74) is 2.61. The molecule has 1 aromatic heterocycles. The van der Waals surface area contributed by atoms with Crippen molar-refractivity contribution in [2.75, 3.05) is 25.6 Å². The lowest BCUT2D eigenvalue weighted by Crippen LogP contribution is -2.35. The molecule has 0 saturated carbocycles. The Morgan fingerprint density at radius 2 is 2.15 bits per heavy atom. The van der Waals surface area contributed by atoms with Crippen LogP contribution in [0, 0.1) is 0 Å². The number of fused-ring (bicyclic) bond motifs is 3. The summed E-state index contributed by atoms with van der Waals surface area (Å²) in [5, 5.41) is 3.83. The van der Waals surface area contributed by atoms with Gasteiger partial charge in [0.2, 0.25) is 5.91 Å². The van der Waals surface area contributed by atoms with Crippen molar-refractivity contribution in [3.63, 3.8) is 0 Å². The summed E-state index contributed by atoms with van der Waals surface area (Å²) in [6.45, 7) is 1.07. The summed E-state index contributed by atoms with van der Waals surface area (Å²) in [6.07, 6.45) is 6.22. The lowest BCUT2D eigenvalue weighted by atomic mass is 10.1. The fourth-order valence-electron chi connectivity index (χ4n) is 4.30. The number of furan rings is 1. The first kappa shape index (κ1) is 21.1.